The minimum atomic E-state index is -0.345. The van der Waals surface area contributed by atoms with Crippen molar-refractivity contribution < 1.29 is 9.59 Å². The zero-order chi connectivity index (χ0) is 15.9. The van der Waals surface area contributed by atoms with E-state index in [9.17, 15) is 9.59 Å². The lowest BCUT2D eigenvalue weighted by atomic mass is 10.2. The maximum absolute atomic E-state index is 11.7. The minimum absolute atomic E-state index is 0.333. The van der Waals surface area contributed by atoms with Crippen LogP contribution in [0.3, 0.4) is 0 Å². The fraction of sp³-hybridized carbons (Fsp3) is 0.125. The lowest BCUT2D eigenvalue weighted by Gasteiger charge is -2.09. The molecule has 0 atom stereocenters. The molecule has 1 N–H and O–H groups in total. The summed E-state index contributed by atoms with van der Waals surface area (Å²) in [5.41, 5.74) is 3.89. The predicted molar refractivity (Wildman–Crippen MR) is 89.4 cm³/mol. The Morgan fingerprint density at radius 1 is 1.23 bits per heavy atom. The lowest BCUT2D eigenvalue weighted by Crippen LogP contribution is -2.17. The Morgan fingerprint density at radius 2 is 2.00 bits per heavy atom. The average Bonchev–Trinajstić information content (AvgIpc) is 2.90. The second kappa shape index (κ2) is 5.66. The molecule has 0 unspecified atom stereocenters. The highest BCUT2D eigenvalue weighted by Crippen LogP contribution is 2.29. The van der Waals surface area contributed by atoms with Crippen molar-refractivity contribution in [2.24, 2.45) is 0 Å². The number of rotatable bonds is 2. The molecule has 0 spiro atoms. The van der Waals surface area contributed by atoms with E-state index in [-0.39, 0.29) is 11.1 Å². The van der Waals surface area contributed by atoms with E-state index in [0.717, 1.165) is 34.4 Å². The number of carbonyl (C=O) groups excluding carboxylic acids is 2. The molecule has 0 aliphatic carbocycles. The number of aromatic nitrogens is 1. The summed E-state index contributed by atoms with van der Waals surface area (Å²) in [5, 5.41) is 2.59. The number of amides is 2. The number of aryl methyl sites for hydroxylation is 1. The van der Waals surface area contributed by atoms with Gasteiger partial charge in [0.1, 0.15) is 0 Å². The highest BCUT2D eigenvalue weighted by molar-refractivity contribution is 8.18. The fourth-order valence-corrected chi connectivity index (χ4v) is 3.37. The molecule has 0 radical (unpaired) electrons. The van der Waals surface area contributed by atoms with Crippen molar-refractivity contribution in [3.8, 4) is 5.69 Å². The van der Waals surface area contributed by atoms with E-state index in [1.165, 1.54) is 0 Å². The molecular weight excluding hydrogens is 320 g/mol. The van der Waals surface area contributed by atoms with Crippen molar-refractivity contribution in [2.75, 3.05) is 0 Å². The van der Waals surface area contributed by atoms with E-state index in [0.29, 0.717) is 9.93 Å². The zero-order valence-corrected chi connectivity index (χ0v) is 13.6. The molecule has 1 aliphatic rings. The molecule has 2 aromatic rings. The Hall–Kier alpha value is -1.98. The summed E-state index contributed by atoms with van der Waals surface area (Å²) in [6.07, 6.45) is 1.74. The fourth-order valence-electron chi connectivity index (χ4n) is 2.51. The maximum atomic E-state index is 11.7. The van der Waals surface area contributed by atoms with E-state index in [4.69, 9.17) is 11.6 Å². The van der Waals surface area contributed by atoms with Crippen LogP contribution in [0, 0.1) is 13.8 Å². The highest BCUT2D eigenvalue weighted by atomic mass is 35.5. The van der Waals surface area contributed by atoms with E-state index in [2.05, 4.69) is 9.88 Å². The van der Waals surface area contributed by atoms with E-state index in [1.54, 1.807) is 6.08 Å². The second-order valence-corrected chi connectivity index (χ2v) is 6.45. The molecule has 1 aromatic heterocycles. The molecule has 1 saturated heterocycles. The van der Waals surface area contributed by atoms with Crippen molar-refractivity contribution in [1.82, 2.24) is 9.88 Å². The second-order valence-electron chi connectivity index (χ2n) is 4.99. The first-order valence-electron chi connectivity index (χ1n) is 6.65. The number of hydrogen-bond donors (Lipinski definition) is 1. The van der Waals surface area contributed by atoms with Gasteiger partial charge in [-0.2, -0.15) is 0 Å². The van der Waals surface area contributed by atoms with Crippen LogP contribution in [-0.2, 0) is 4.79 Å². The molecule has 3 rings (SSSR count). The number of nitrogens with zero attached hydrogens (tertiary/aromatic N) is 1. The molecule has 1 fully saturated rings. The first-order valence-corrected chi connectivity index (χ1v) is 7.85. The first-order chi connectivity index (χ1) is 10.5. The largest absolute Gasteiger partial charge is 0.318 e. The molecule has 6 heteroatoms. The monoisotopic (exact) mass is 332 g/mol. The molecule has 2 amide bonds. The van der Waals surface area contributed by atoms with Gasteiger partial charge in [0.05, 0.1) is 4.91 Å². The van der Waals surface area contributed by atoms with Gasteiger partial charge >= 0.3 is 0 Å². The van der Waals surface area contributed by atoms with Crippen LogP contribution < -0.4 is 5.32 Å². The van der Waals surface area contributed by atoms with Crippen molar-refractivity contribution in [2.45, 2.75) is 13.8 Å². The van der Waals surface area contributed by atoms with Gasteiger partial charge in [0.2, 0.25) is 0 Å². The summed E-state index contributed by atoms with van der Waals surface area (Å²) in [5.74, 6) is -0.345. The van der Waals surface area contributed by atoms with Crippen LogP contribution in [0.25, 0.3) is 11.8 Å². The summed E-state index contributed by atoms with van der Waals surface area (Å²) in [7, 11) is 0. The third-order valence-electron chi connectivity index (χ3n) is 3.47. The molecule has 1 aromatic carbocycles. The number of carbonyl (C=O) groups is 2. The molecule has 1 aliphatic heterocycles. The van der Waals surface area contributed by atoms with E-state index < -0.39 is 0 Å². The Morgan fingerprint density at radius 3 is 2.64 bits per heavy atom. The molecule has 0 saturated carbocycles. The molecule has 0 bridgehead atoms. The van der Waals surface area contributed by atoms with Crippen LogP contribution in [0.4, 0.5) is 4.79 Å². The van der Waals surface area contributed by atoms with E-state index in [1.807, 2.05) is 44.2 Å². The van der Waals surface area contributed by atoms with Crippen LogP contribution in [0.5, 0.6) is 0 Å². The zero-order valence-electron chi connectivity index (χ0n) is 12.0. The molecule has 2 heterocycles. The molecule has 112 valence electrons. The SMILES string of the molecule is Cc1cc(C=C2SC(=O)NC2=O)c(C)n1-c1cccc(Cl)c1. The highest BCUT2D eigenvalue weighted by Gasteiger charge is 2.25. The van der Waals surface area contributed by atoms with Gasteiger partial charge in [-0.25, -0.2) is 0 Å². The molecule has 22 heavy (non-hydrogen) atoms. The average molecular weight is 333 g/mol. The first kappa shape index (κ1) is 14.9. The van der Waals surface area contributed by atoms with E-state index >= 15 is 0 Å². The van der Waals surface area contributed by atoms with Crippen LogP contribution in [0.15, 0.2) is 35.2 Å². The maximum Gasteiger partial charge on any atom is 0.290 e. The van der Waals surface area contributed by atoms with Gasteiger partial charge in [0.15, 0.2) is 0 Å². The van der Waals surface area contributed by atoms with Crippen LogP contribution in [0.1, 0.15) is 17.0 Å². The van der Waals surface area contributed by atoms with Gasteiger partial charge in [0.25, 0.3) is 11.1 Å². The Labute approximate surface area is 137 Å². The van der Waals surface area contributed by atoms with Crippen molar-refractivity contribution in [3.63, 3.8) is 0 Å². The molecular formula is C16H13ClN2O2S. The number of halogens is 1. The van der Waals surface area contributed by atoms with Crippen molar-refractivity contribution in [1.29, 1.82) is 0 Å². The summed E-state index contributed by atoms with van der Waals surface area (Å²) in [6, 6.07) is 9.57. The number of hydrogen-bond acceptors (Lipinski definition) is 3. The third-order valence-corrected chi connectivity index (χ3v) is 4.51. The van der Waals surface area contributed by atoms with Gasteiger partial charge in [-0.15, -0.1) is 0 Å². The lowest BCUT2D eigenvalue weighted by molar-refractivity contribution is -0.115. The van der Waals surface area contributed by atoms with Crippen molar-refractivity contribution >= 4 is 40.6 Å². The summed E-state index contributed by atoms with van der Waals surface area (Å²) in [4.78, 5) is 23.3. The number of benzene rings is 1. The van der Waals surface area contributed by atoms with Crippen LogP contribution in [-0.4, -0.2) is 15.7 Å². The van der Waals surface area contributed by atoms with Gasteiger partial charge < -0.3 is 4.57 Å². The van der Waals surface area contributed by atoms with Gasteiger partial charge in [-0.1, -0.05) is 17.7 Å². The van der Waals surface area contributed by atoms with Gasteiger partial charge in [-0.05, 0) is 61.5 Å². The quantitative estimate of drug-likeness (QED) is 0.843. The minimum Gasteiger partial charge on any atom is -0.318 e. The van der Waals surface area contributed by atoms with Crippen LogP contribution >= 0.6 is 23.4 Å². The Bertz CT molecular complexity index is 824. The number of thioether (sulfide) groups is 1. The topological polar surface area (TPSA) is 51.1 Å². The smallest absolute Gasteiger partial charge is 0.290 e. The predicted octanol–water partition coefficient (Wildman–Crippen LogP) is 4.07. The summed E-state index contributed by atoms with van der Waals surface area (Å²) >= 11 is 6.98. The standard InChI is InChI=1S/C16H13ClN2O2S/c1-9-6-11(7-14-15(20)18-16(21)22-14)10(2)19(9)13-5-3-4-12(17)8-13/h3-8H,1-2H3,(H,18,20,21). The van der Waals surface area contributed by atoms with Crippen LogP contribution in [0.2, 0.25) is 5.02 Å². The number of imide groups is 1. The Balaban J connectivity index is 2.06. The summed E-state index contributed by atoms with van der Waals surface area (Å²) < 4.78 is 2.07. The third kappa shape index (κ3) is 2.69. The Kier molecular flexibility index (Phi) is 3.85. The normalized spacial score (nSPS) is 16.4. The molecule has 4 nitrogen and oxygen atoms in total. The number of nitrogens with one attached hydrogen (secondary N) is 1. The van der Waals surface area contributed by atoms with Gasteiger partial charge in [0, 0.05) is 22.1 Å². The van der Waals surface area contributed by atoms with Gasteiger partial charge in [-0.3, -0.25) is 14.9 Å². The summed E-state index contributed by atoms with van der Waals surface area (Å²) in [6.45, 7) is 3.96. The van der Waals surface area contributed by atoms with Crippen molar-refractivity contribution in [3.05, 3.63) is 57.2 Å².